The second-order valence-corrected chi connectivity index (χ2v) is 5.02. The van der Waals surface area contributed by atoms with Crippen molar-refractivity contribution in [2.45, 2.75) is 26.2 Å². The van der Waals surface area contributed by atoms with Crippen molar-refractivity contribution in [1.29, 1.82) is 0 Å². The van der Waals surface area contributed by atoms with Crippen molar-refractivity contribution in [1.82, 2.24) is 0 Å². The summed E-state index contributed by atoms with van der Waals surface area (Å²) in [6.45, 7) is 3.99. The van der Waals surface area contributed by atoms with Gasteiger partial charge in [-0.3, -0.25) is 4.79 Å². The first-order valence-corrected chi connectivity index (χ1v) is 7.11. The Morgan fingerprint density at radius 1 is 1.05 bits per heavy atom. The van der Waals surface area contributed by atoms with Crippen LogP contribution < -0.4 is 4.74 Å². The van der Waals surface area contributed by atoms with Crippen LogP contribution in [0.5, 0.6) is 11.5 Å². The van der Waals surface area contributed by atoms with Crippen molar-refractivity contribution in [3.05, 3.63) is 60.2 Å². The summed E-state index contributed by atoms with van der Waals surface area (Å²) in [5, 5.41) is 0. The lowest BCUT2D eigenvalue weighted by molar-refractivity contribution is -0.141. The summed E-state index contributed by atoms with van der Waals surface area (Å²) in [4.78, 5) is 10.8. The zero-order valence-corrected chi connectivity index (χ0v) is 12.4. The van der Waals surface area contributed by atoms with Crippen LogP contribution in [0.1, 0.15) is 31.7 Å². The highest BCUT2D eigenvalue weighted by molar-refractivity contribution is 5.65. The van der Waals surface area contributed by atoms with Crippen LogP contribution in [0.25, 0.3) is 0 Å². The summed E-state index contributed by atoms with van der Waals surface area (Å²) in [5.74, 6) is 1.72. The lowest BCUT2D eigenvalue weighted by atomic mass is 9.98. The minimum Gasteiger partial charge on any atom is -0.466 e. The fourth-order valence-electron chi connectivity index (χ4n) is 2.06. The molecule has 2 rings (SSSR count). The van der Waals surface area contributed by atoms with Gasteiger partial charge in [-0.1, -0.05) is 37.3 Å². The highest BCUT2D eigenvalue weighted by Crippen LogP contribution is 2.26. The fraction of sp³-hybridized carbons (Fsp3) is 0.278. The van der Waals surface area contributed by atoms with Gasteiger partial charge in [-0.2, -0.15) is 0 Å². The molecular weight excluding hydrogens is 264 g/mol. The Balaban J connectivity index is 1.98. The minimum atomic E-state index is -0.233. The molecule has 0 fully saturated rings. The van der Waals surface area contributed by atoms with Crippen molar-refractivity contribution >= 4 is 5.97 Å². The third-order valence-electron chi connectivity index (χ3n) is 3.26. The number of hydrogen-bond acceptors (Lipinski definition) is 3. The Kier molecular flexibility index (Phi) is 5.38. The molecule has 2 aromatic carbocycles. The molecule has 21 heavy (non-hydrogen) atoms. The largest absolute Gasteiger partial charge is 0.466 e. The average Bonchev–Trinajstić information content (AvgIpc) is 2.48. The molecule has 0 aromatic heterocycles. The molecule has 3 nitrogen and oxygen atoms in total. The van der Waals surface area contributed by atoms with Crippen molar-refractivity contribution in [3.63, 3.8) is 0 Å². The Morgan fingerprint density at radius 3 is 2.48 bits per heavy atom. The Hall–Kier alpha value is -2.29. The van der Waals surface area contributed by atoms with Crippen molar-refractivity contribution in [2.75, 3.05) is 6.61 Å². The number of rotatable bonds is 6. The molecule has 0 aliphatic carbocycles. The summed E-state index contributed by atoms with van der Waals surface area (Å²) in [6, 6.07) is 17.7. The molecule has 1 unspecified atom stereocenters. The van der Waals surface area contributed by atoms with Gasteiger partial charge in [-0.25, -0.2) is 0 Å². The van der Waals surface area contributed by atoms with Crippen LogP contribution in [-0.2, 0) is 9.53 Å². The van der Waals surface area contributed by atoms with Gasteiger partial charge in [0.1, 0.15) is 11.5 Å². The average molecular weight is 284 g/mol. The molecule has 110 valence electrons. The molecule has 0 heterocycles. The highest BCUT2D eigenvalue weighted by Gasteiger charge is 2.08. The predicted octanol–water partition coefficient (Wildman–Crippen LogP) is 4.54. The van der Waals surface area contributed by atoms with Gasteiger partial charge < -0.3 is 9.47 Å². The third-order valence-corrected chi connectivity index (χ3v) is 3.26. The van der Waals surface area contributed by atoms with Gasteiger partial charge in [0.05, 0.1) is 6.61 Å². The van der Waals surface area contributed by atoms with Gasteiger partial charge in [0, 0.05) is 6.92 Å². The highest BCUT2D eigenvalue weighted by atomic mass is 16.5. The molecule has 2 aromatic rings. The minimum absolute atomic E-state index is 0.233. The van der Waals surface area contributed by atoms with E-state index >= 15 is 0 Å². The topological polar surface area (TPSA) is 35.5 Å². The number of benzene rings is 2. The zero-order chi connectivity index (χ0) is 15.1. The van der Waals surface area contributed by atoms with E-state index in [4.69, 9.17) is 9.47 Å². The van der Waals surface area contributed by atoms with Crippen LogP contribution >= 0.6 is 0 Å². The molecule has 0 saturated heterocycles. The summed E-state index contributed by atoms with van der Waals surface area (Å²) >= 11 is 0. The van der Waals surface area contributed by atoms with E-state index in [1.54, 1.807) is 0 Å². The van der Waals surface area contributed by atoms with E-state index in [1.165, 1.54) is 12.5 Å². The van der Waals surface area contributed by atoms with Crippen molar-refractivity contribution < 1.29 is 14.3 Å². The molecule has 0 spiro atoms. The van der Waals surface area contributed by atoms with E-state index < -0.39 is 0 Å². The number of ether oxygens (including phenoxy) is 2. The molecule has 0 N–H and O–H groups in total. The number of esters is 1. The first-order chi connectivity index (χ1) is 10.1. The van der Waals surface area contributed by atoms with Crippen LogP contribution in [0.2, 0.25) is 0 Å². The van der Waals surface area contributed by atoms with E-state index in [9.17, 15) is 4.79 Å². The van der Waals surface area contributed by atoms with Gasteiger partial charge >= 0.3 is 5.97 Å². The smallest absolute Gasteiger partial charge is 0.302 e. The maximum atomic E-state index is 10.8. The second-order valence-electron chi connectivity index (χ2n) is 5.02. The SMILES string of the molecule is CC(=O)OCCC(C)c1cccc(Oc2ccccc2)c1. The van der Waals surface area contributed by atoms with E-state index in [1.807, 2.05) is 48.5 Å². The standard InChI is InChI=1S/C18H20O3/c1-14(11-12-20-15(2)19)16-7-6-10-18(13-16)21-17-8-4-3-5-9-17/h3-10,13-14H,11-12H2,1-2H3. The molecule has 0 aliphatic heterocycles. The Labute approximate surface area is 125 Å². The monoisotopic (exact) mass is 284 g/mol. The lowest BCUT2D eigenvalue weighted by Gasteiger charge is -2.13. The quantitative estimate of drug-likeness (QED) is 0.731. The number of hydrogen-bond donors (Lipinski definition) is 0. The van der Waals surface area contributed by atoms with Gasteiger partial charge in [0.2, 0.25) is 0 Å². The van der Waals surface area contributed by atoms with Crippen LogP contribution in [0.15, 0.2) is 54.6 Å². The molecule has 0 bridgehead atoms. The number of para-hydroxylation sites is 1. The molecular formula is C18H20O3. The van der Waals surface area contributed by atoms with Crippen molar-refractivity contribution in [3.8, 4) is 11.5 Å². The van der Waals surface area contributed by atoms with Gasteiger partial charge in [0.15, 0.2) is 0 Å². The fourth-order valence-corrected chi connectivity index (χ4v) is 2.06. The van der Waals surface area contributed by atoms with Crippen LogP contribution in [0.4, 0.5) is 0 Å². The molecule has 0 saturated carbocycles. The summed E-state index contributed by atoms with van der Waals surface area (Å²) in [7, 11) is 0. The van der Waals surface area contributed by atoms with Crippen molar-refractivity contribution in [2.24, 2.45) is 0 Å². The molecule has 0 radical (unpaired) electrons. The Morgan fingerprint density at radius 2 is 1.76 bits per heavy atom. The molecule has 0 amide bonds. The number of carbonyl (C=O) groups is 1. The first kappa shape index (κ1) is 15.1. The maximum absolute atomic E-state index is 10.8. The zero-order valence-electron chi connectivity index (χ0n) is 12.4. The molecule has 0 aliphatic rings. The maximum Gasteiger partial charge on any atom is 0.302 e. The Bertz CT molecular complexity index is 578. The van der Waals surface area contributed by atoms with Crippen LogP contribution in [0.3, 0.4) is 0 Å². The number of carbonyl (C=O) groups excluding carboxylic acids is 1. The third kappa shape index (κ3) is 4.95. The van der Waals surface area contributed by atoms with E-state index in [0.29, 0.717) is 12.5 Å². The lowest BCUT2D eigenvalue weighted by Crippen LogP contribution is -2.04. The summed E-state index contributed by atoms with van der Waals surface area (Å²) in [5.41, 5.74) is 1.18. The van der Waals surface area contributed by atoms with E-state index in [-0.39, 0.29) is 5.97 Å². The summed E-state index contributed by atoms with van der Waals surface area (Å²) < 4.78 is 10.8. The van der Waals surface area contributed by atoms with E-state index in [2.05, 4.69) is 13.0 Å². The second kappa shape index (κ2) is 7.48. The van der Waals surface area contributed by atoms with Gasteiger partial charge in [0.25, 0.3) is 0 Å². The van der Waals surface area contributed by atoms with Gasteiger partial charge in [-0.05, 0) is 42.2 Å². The first-order valence-electron chi connectivity index (χ1n) is 7.11. The summed E-state index contributed by atoms with van der Waals surface area (Å²) in [6.07, 6.45) is 0.800. The molecule has 1 atom stereocenters. The molecule has 3 heteroatoms. The van der Waals surface area contributed by atoms with Gasteiger partial charge in [-0.15, -0.1) is 0 Å². The van der Waals surface area contributed by atoms with Crippen LogP contribution in [0, 0.1) is 0 Å². The van der Waals surface area contributed by atoms with E-state index in [0.717, 1.165) is 17.9 Å². The normalized spacial score (nSPS) is 11.7. The van der Waals surface area contributed by atoms with Crippen LogP contribution in [-0.4, -0.2) is 12.6 Å². The predicted molar refractivity (Wildman–Crippen MR) is 82.6 cm³/mol.